The van der Waals surface area contributed by atoms with Crippen LogP contribution in [0.4, 0.5) is 5.82 Å². The first kappa shape index (κ1) is 9.16. The molecule has 80 valence electrons. The van der Waals surface area contributed by atoms with Gasteiger partial charge in [-0.15, -0.1) is 0 Å². The van der Waals surface area contributed by atoms with Gasteiger partial charge in [0.15, 0.2) is 0 Å². The van der Waals surface area contributed by atoms with E-state index < -0.39 is 5.60 Å². The molecule has 3 nitrogen and oxygen atoms in total. The fraction of sp³-hybridized carbons (Fsp3) is 0.583. The van der Waals surface area contributed by atoms with E-state index in [9.17, 15) is 5.11 Å². The molecule has 0 radical (unpaired) electrons. The Morgan fingerprint density at radius 2 is 2.33 bits per heavy atom. The van der Waals surface area contributed by atoms with E-state index in [4.69, 9.17) is 5.73 Å². The van der Waals surface area contributed by atoms with Gasteiger partial charge in [-0.3, -0.25) is 0 Å². The van der Waals surface area contributed by atoms with E-state index in [2.05, 4.69) is 4.98 Å². The summed E-state index contributed by atoms with van der Waals surface area (Å²) in [6.45, 7) is 0. The maximum absolute atomic E-state index is 10.7. The molecule has 0 aromatic carbocycles. The van der Waals surface area contributed by atoms with Crippen molar-refractivity contribution < 1.29 is 5.11 Å². The minimum absolute atomic E-state index is 0.397. The van der Waals surface area contributed by atoms with Crippen molar-refractivity contribution in [2.45, 2.75) is 31.3 Å². The molecule has 3 heteroatoms. The summed E-state index contributed by atoms with van der Waals surface area (Å²) >= 11 is 0. The molecule has 1 heterocycles. The van der Waals surface area contributed by atoms with Crippen LogP contribution in [0.2, 0.25) is 0 Å². The fourth-order valence-corrected chi connectivity index (χ4v) is 3.41. The third-order valence-corrected chi connectivity index (χ3v) is 4.12. The largest absolute Gasteiger partial charge is 0.385 e. The summed E-state index contributed by atoms with van der Waals surface area (Å²) in [5, 5.41) is 10.7. The number of anilines is 1. The van der Waals surface area contributed by atoms with Crippen molar-refractivity contribution in [2.75, 3.05) is 5.73 Å². The number of nitrogens with zero attached hydrogens (tertiary/aromatic N) is 1. The molecule has 2 aliphatic carbocycles. The number of aromatic nitrogens is 1. The molecule has 2 fully saturated rings. The highest BCUT2D eigenvalue weighted by molar-refractivity contribution is 5.44. The highest BCUT2D eigenvalue weighted by Gasteiger charge is 2.51. The standard InChI is InChI=1S/C12H16N2O/c13-11-10(2-1-5-14-11)12(15)7-8-3-4-9(12)6-8/h1-2,5,8-9,15H,3-4,6-7H2,(H2,13,14). The first-order valence-electron chi connectivity index (χ1n) is 5.63. The third kappa shape index (κ3) is 1.19. The zero-order valence-electron chi connectivity index (χ0n) is 8.69. The summed E-state index contributed by atoms with van der Waals surface area (Å²) in [5.74, 6) is 1.58. The molecule has 3 unspecified atom stereocenters. The minimum atomic E-state index is -0.693. The zero-order chi connectivity index (χ0) is 10.5. The highest BCUT2D eigenvalue weighted by atomic mass is 16.3. The number of nitrogens with two attached hydrogens (primary N) is 1. The van der Waals surface area contributed by atoms with Crippen LogP contribution in [0.25, 0.3) is 0 Å². The van der Waals surface area contributed by atoms with E-state index in [0.29, 0.717) is 17.7 Å². The predicted molar refractivity (Wildman–Crippen MR) is 58.0 cm³/mol. The molecule has 3 atom stereocenters. The van der Waals surface area contributed by atoms with Crippen molar-refractivity contribution in [3.8, 4) is 0 Å². The number of rotatable bonds is 1. The summed E-state index contributed by atoms with van der Waals surface area (Å²) in [5.41, 5.74) is 6.00. The predicted octanol–water partition coefficient (Wildman–Crippen LogP) is 1.67. The lowest BCUT2D eigenvalue weighted by Gasteiger charge is -2.33. The van der Waals surface area contributed by atoms with Crippen LogP contribution in [-0.4, -0.2) is 10.1 Å². The van der Waals surface area contributed by atoms with Crippen molar-refractivity contribution in [3.63, 3.8) is 0 Å². The second-order valence-corrected chi connectivity index (χ2v) is 4.94. The average Bonchev–Trinajstić information content (AvgIpc) is 2.78. The van der Waals surface area contributed by atoms with Gasteiger partial charge < -0.3 is 10.8 Å². The van der Waals surface area contributed by atoms with E-state index >= 15 is 0 Å². The van der Waals surface area contributed by atoms with E-state index in [-0.39, 0.29) is 0 Å². The Labute approximate surface area is 89.3 Å². The number of nitrogen functional groups attached to an aromatic ring is 1. The number of fused-ring (bicyclic) bond motifs is 2. The second-order valence-electron chi connectivity index (χ2n) is 4.94. The molecule has 15 heavy (non-hydrogen) atoms. The lowest BCUT2D eigenvalue weighted by atomic mass is 9.79. The van der Waals surface area contributed by atoms with Gasteiger partial charge in [-0.25, -0.2) is 4.98 Å². The maximum atomic E-state index is 10.7. The Morgan fingerprint density at radius 1 is 1.47 bits per heavy atom. The van der Waals surface area contributed by atoms with Gasteiger partial charge in [-0.1, -0.05) is 6.07 Å². The molecule has 2 bridgehead atoms. The van der Waals surface area contributed by atoms with Crippen LogP contribution in [-0.2, 0) is 5.60 Å². The topological polar surface area (TPSA) is 59.1 Å². The lowest BCUT2D eigenvalue weighted by molar-refractivity contribution is -0.0177. The molecule has 3 N–H and O–H groups in total. The fourth-order valence-electron chi connectivity index (χ4n) is 3.41. The normalized spacial score (nSPS) is 38.5. The number of pyridine rings is 1. The molecule has 2 saturated carbocycles. The van der Waals surface area contributed by atoms with Crippen molar-refractivity contribution in [3.05, 3.63) is 23.9 Å². The molecule has 0 saturated heterocycles. The highest BCUT2D eigenvalue weighted by Crippen LogP contribution is 2.56. The molecule has 1 aromatic heterocycles. The van der Waals surface area contributed by atoms with Crippen LogP contribution in [0.3, 0.4) is 0 Å². The smallest absolute Gasteiger partial charge is 0.129 e. The molecular weight excluding hydrogens is 188 g/mol. The summed E-state index contributed by atoms with van der Waals surface area (Å²) < 4.78 is 0. The van der Waals surface area contributed by atoms with Crippen LogP contribution in [0.15, 0.2) is 18.3 Å². The minimum Gasteiger partial charge on any atom is -0.385 e. The maximum Gasteiger partial charge on any atom is 0.129 e. The van der Waals surface area contributed by atoms with Gasteiger partial charge in [-0.2, -0.15) is 0 Å². The van der Waals surface area contributed by atoms with Gasteiger partial charge in [0, 0.05) is 11.8 Å². The molecule has 2 aliphatic rings. The number of hydrogen-bond donors (Lipinski definition) is 2. The van der Waals surface area contributed by atoms with Crippen molar-refractivity contribution in [1.29, 1.82) is 0 Å². The molecule has 0 amide bonds. The van der Waals surface area contributed by atoms with E-state index in [1.54, 1.807) is 6.20 Å². The monoisotopic (exact) mass is 204 g/mol. The number of aliphatic hydroxyl groups is 1. The Bertz CT molecular complexity index is 393. The molecule has 1 aromatic rings. The second kappa shape index (κ2) is 2.95. The van der Waals surface area contributed by atoms with E-state index in [1.165, 1.54) is 6.42 Å². The summed E-state index contributed by atoms with van der Waals surface area (Å²) in [6.07, 6.45) is 6.11. The van der Waals surface area contributed by atoms with Crippen molar-refractivity contribution in [1.82, 2.24) is 4.98 Å². The molecule has 0 spiro atoms. The van der Waals surface area contributed by atoms with Gasteiger partial charge in [-0.05, 0) is 43.6 Å². The van der Waals surface area contributed by atoms with Gasteiger partial charge in [0.2, 0.25) is 0 Å². The Balaban J connectivity index is 2.04. The SMILES string of the molecule is Nc1ncccc1C1(O)CC2CCC1C2. The Hall–Kier alpha value is -1.09. The summed E-state index contributed by atoms with van der Waals surface area (Å²) in [6, 6.07) is 3.78. The first-order chi connectivity index (χ1) is 7.20. The number of hydrogen-bond acceptors (Lipinski definition) is 3. The molecule has 0 aliphatic heterocycles. The van der Waals surface area contributed by atoms with E-state index in [0.717, 1.165) is 24.8 Å². The zero-order valence-corrected chi connectivity index (χ0v) is 8.69. The van der Waals surface area contributed by atoms with E-state index in [1.807, 2.05) is 12.1 Å². The van der Waals surface area contributed by atoms with Gasteiger partial charge in [0.1, 0.15) is 5.82 Å². The van der Waals surface area contributed by atoms with Crippen LogP contribution in [0.5, 0.6) is 0 Å². The third-order valence-electron chi connectivity index (χ3n) is 4.12. The van der Waals surface area contributed by atoms with Crippen LogP contribution in [0.1, 0.15) is 31.2 Å². The first-order valence-corrected chi connectivity index (χ1v) is 5.63. The van der Waals surface area contributed by atoms with Gasteiger partial charge >= 0.3 is 0 Å². The Kier molecular flexibility index (Phi) is 1.80. The molecule has 3 rings (SSSR count). The lowest BCUT2D eigenvalue weighted by Crippen LogP contribution is -2.33. The average molecular weight is 204 g/mol. The van der Waals surface area contributed by atoms with Gasteiger partial charge in [0.05, 0.1) is 5.60 Å². The Morgan fingerprint density at radius 3 is 2.93 bits per heavy atom. The van der Waals surface area contributed by atoms with Crippen molar-refractivity contribution in [2.24, 2.45) is 11.8 Å². The van der Waals surface area contributed by atoms with Crippen LogP contribution in [0, 0.1) is 11.8 Å². The quantitative estimate of drug-likeness (QED) is 0.731. The van der Waals surface area contributed by atoms with Crippen molar-refractivity contribution >= 4 is 5.82 Å². The summed E-state index contributed by atoms with van der Waals surface area (Å²) in [4.78, 5) is 4.07. The van der Waals surface area contributed by atoms with Crippen LogP contribution >= 0.6 is 0 Å². The van der Waals surface area contributed by atoms with Crippen LogP contribution < -0.4 is 5.73 Å². The molecular formula is C12H16N2O. The summed E-state index contributed by atoms with van der Waals surface area (Å²) in [7, 11) is 0. The van der Waals surface area contributed by atoms with Gasteiger partial charge in [0.25, 0.3) is 0 Å².